The van der Waals surface area contributed by atoms with Crippen LogP contribution in [0.1, 0.15) is 10.4 Å². The first-order valence-electron chi connectivity index (χ1n) is 6.78. The Morgan fingerprint density at radius 3 is 2.57 bits per heavy atom. The van der Waals surface area contributed by atoms with Crippen LogP contribution in [0.25, 0.3) is 0 Å². The molecule has 1 aromatic carbocycles. The lowest BCUT2D eigenvalue weighted by Crippen LogP contribution is -2.44. The predicted molar refractivity (Wildman–Crippen MR) is 82.4 cm³/mol. The van der Waals surface area contributed by atoms with Crippen molar-refractivity contribution in [3.05, 3.63) is 35.9 Å². The van der Waals surface area contributed by atoms with Crippen molar-refractivity contribution < 1.29 is 23.9 Å². The van der Waals surface area contributed by atoms with E-state index in [-0.39, 0.29) is 11.8 Å². The van der Waals surface area contributed by atoms with E-state index >= 15 is 0 Å². The Labute approximate surface area is 136 Å². The fourth-order valence-corrected chi connectivity index (χ4v) is 2.57. The molecular weight excluding hydrogens is 322 g/mol. The number of hydrogen-bond donors (Lipinski definition) is 2. The topological polar surface area (TPSA) is 105 Å². The Morgan fingerprint density at radius 1 is 1.17 bits per heavy atom. The fourth-order valence-electron chi connectivity index (χ4n) is 1.74. The largest absolute Gasteiger partial charge is 0.454 e. The highest BCUT2D eigenvalue weighted by Crippen LogP contribution is 2.16. The lowest BCUT2D eigenvalue weighted by atomic mass is 10.2. The molecule has 1 aromatic rings. The van der Waals surface area contributed by atoms with Crippen molar-refractivity contribution in [3.63, 3.8) is 0 Å². The molecule has 0 radical (unpaired) electrons. The number of nitrogens with one attached hydrogen (secondary N) is 2. The Hall–Kier alpha value is -2.55. The standard InChI is InChI=1S/C14H15N3O5S/c18-11(15-16-13(20)10-4-2-1-3-5-10)9-22-12(19)8-17-6-7-23-14(17)21/h1-5H,6-9H2,(H,15,18)(H,16,20). The number of carbonyl (C=O) groups excluding carboxylic acids is 4. The Morgan fingerprint density at radius 2 is 1.91 bits per heavy atom. The van der Waals surface area contributed by atoms with Crippen molar-refractivity contribution in [2.75, 3.05) is 25.4 Å². The van der Waals surface area contributed by atoms with Gasteiger partial charge in [-0.3, -0.25) is 30.0 Å². The fraction of sp³-hybridized carbons (Fsp3) is 0.286. The van der Waals surface area contributed by atoms with Crippen LogP contribution in [0, 0.1) is 0 Å². The summed E-state index contributed by atoms with van der Waals surface area (Å²) in [6.45, 7) is -0.240. The monoisotopic (exact) mass is 337 g/mol. The molecule has 2 rings (SSSR count). The number of nitrogens with zero attached hydrogens (tertiary/aromatic N) is 1. The van der Waals surface area contributed by atoms with Gasteiger partial charge < -0.3 is 9.64 Å². The summed E-state index contributed by atoms with van der Waals surface area (Å²) in [5.41, 5.74) is 4.73. The van der Waals surface area contributed by atoms with Crippen molar-refractivity contribution in [2.45, 2.75) is 0 Å². The van der Waals surface area contributed by atoms with Crippen LogP contribution in [0.2, 0.25) is 0 Å². The predicted octanol–water partition coefficient (Wildman–Crippen LogP) is 0.160. The molecule has 0 unspecified atom stereocenters. The van der Waals surface area contributed by atoms with Gasteiger partial charge in [-0.05, 0) is 12.1 Å². The smallest absolute Gasteiger partial charge is 0.326 e. The van der Waals surface area contributed by atoms with Crippen LogP contribution in [0.5, 0.6) is 0 Å². The molecule has 1 saturated heterocycles. The van der Waals surface area contributed by atoms with E-state index in [2.05, 4.69) is 10.9 Å². The highest BCUT2D eigenvalue weighted by Gasteiger charge is 2.24. The van der Waals surface area contributed by atoms with Crippen LogP contribution >= 0.6 is 11.8 Å². The Balaban J connectivity index is 1.66. The average molecular weight is 337 g/mol. The molecule has 8 nitrogen and oxygen atoms in total. The van der Waals surface area contributed by atoms with E-state index in [1.165, 1.54) is 4.90 Å². The molecule has 1 fully saturated rings. The summed E-state index contributed by atoms with van der Waals surface area (Å²) in [7, 11) is 0. The summed E-state index contributed by atoms with van der Waals surface area (Å²) >= 11 is 1.13. The van der Waals surface area contributed by atoms with E-state index < -0.39 is 24.4 Å². The van der Waals surface area contributed by atoms with Crippen molar-refractivity contribution in [1.82, 2.24) is 15.8 Å². The number of thioether (sulfide) groups is 1. The molecule has 0 saturated carbocycles. The number of rotatable bonds is 5. The van der Waals surface area contributed by atoms with Crippen molar-refractivity contribution in [3.8, 4) is 0 Å². The first-order valence-corrected chi connectivity index (χ1v) is 7.76. The van der Waals surface area contributed by atoms with Crippen LogP contribution in [-0.2, 0) is 14.3 Å². The number of esters is 1. The summed E-state index contributed by atoms with van der Waals surface area (Å²) in [5, 5.41) is -0.179. The summed E-state index contributed by atoms with van der Waals surface area (Å²) < 4.78 is 4.75. The quantitative estimate of drug-likeness (QED) is 0.586. The lowest BCUT2D eigenvalue weighted by Gasteiger charge is -2.13. The zero-order valence-electron chi connectivity index (χ0n) is 12.1. The van der Waals surface area contributed by atoms with Gasteiger partial charge in [0.05, 0.1) is 0 Å². The third-order valence-corrected chi connectivity index (χ3v) is 3.77. The molecule has 23 heavy (non-hydrogen) atoms. The number of amides is 3. The zero-order chi connectivity index (χ0) is 16.7. The normalized spacial score (nSPS) is 13.6. The van der Waals surface area contributed by atoms with Crippen LogP contribution in [-0.4, -0.2) is 53.4 Å². The van der Waals surface area contributed by atoms with Gasteiger partial charge in [-0.1, -0.05) is 30.0 Å². The average Bonchev–Trinajstić information content (AvgIpc) is 2.96. The highest BCUT2D eigenvalue weighted by molar-refractivity contribution is 8.13. The maximum atomic E-state index is 11.7. The van der Waals surface area contributed by atoms with Crippen LogP contribution in [0.15, 0.2) is 30.3 Å². The van der Waals surface area contributed by atoms with Gasteiger partial charge >= 0.3 is 5.97 Å². The first-order chi connectivity index (χ1) is 11.1. The molecule has 122 valence electrons. The summed E-state index contributed by atoms with van der Waals surface area (Å²) in [6, 6.07) is 8.32. The third kappa shape index (κ3) is 5.29. The van der Waals surface area contributed by atoms with E-state index in [4.69, 9.17) is 4.74 Å². The van der Waals surface area contributed by atoms with Gasteiger partial charge in [0.1, 0.15) is 6.54 Å². The van der Waals surface area contributed by atoms with Gasteiger partial charge in [0.15, 0.2) is 6.61 Å². The highest BCUT2D eigenvalue weighted by atomic mass is 32.2. The summed E-state index contributed by atoms with van der Waals surface area (Å²) in [6.07, 6.45) is 0. The van der Waals surface area contributed by atoms with Crippen LogP contribution < -0.4 is 10.9 Å². The molecule has 0 aliphatic carbocycles. The third-order valence-electron chi connectivity index (χ3n) is 2.88. The van der Waals surface area contributed by atoms with Gasteiger partial charge in [-0.15, -0.1) is 0 Å². The second-order valence-corrected chi connectivity index (χ2v) is 5.61. The summed E-state index contributed by atoms with van der Waals surface area (Å²) in [5.74, 6) is -1.20. The molecule has 3 amide bonds. The molecule has 0 aromatic heterocycles. The molecule has 1 aliphatic rings. The van der Waals surface area contributed by atoms with Crippen LogP contribution in [0.4, 0.5) is 4.79 Å². The molecule has 0 spiro atoms. The van der Waals surface area contributed by atoms with E-state index in [1.54, 1.807) is 30.3 Å². The van der Waals surface area contributed by atoms with Gasteiger partial charge in [0.2, 0.25) is 0 Å². The number of carbonyl (C=O) groups is 4. The number of hydrogen-bond acceptors (Lipinski definition) is 6. The minimum atomic E-state index is -0.676. The van der Waals surface area contributed by atoms with Gasteiger partial charge in [-0.25, -0.2) is 0 Å². The van der Waals surface area contributed by atoms with E-state index in [0.29, 0.717) is 17.9 Å². The SMILES string of the molecule is O=C(COC(=O)CN1CCSC1=O)NNC(=O)c1ccccc1. The minimum Gasteiger partial charge on any atom is -0.454 e. The van der Waals surface area contributed by atoms with Gasteiger partial charge in [0.25, 0.3) is 17.1 Å². The summed E-state index contributed by atoms with van der Waals surface area (Å²) in [4.78, 5) is 47.4. The van der Waals surface area contributed by atoms with E-state index in [0.717, 1.165) is 11.8 Å². The number of ether oxygens (including phenoxy) is 1. The molecule has 0 atom stereocenters. The lowest BCUT2D eigenvalue weighted by molar-refractivity contribution is -0.149. The number of hydrazine groups is 1. The first kappa shape index (κ1) is 16.8. The maximum absolute atomic E-state index is 11.7. The molecule has 1 aliphatic heterocycles. The minimum absolute atomic E-state index is 0.179. The zero-order valence-corrected chi connectivity index (χ0v) is 12.9. The van der Waals surface area contributed by atoms with Gasteiger partial charge in [0, 0.05) is 17.9 Å². The van der Waals surface area contributed by atoms with Crippen molar-refractivity contribution >= 4 is 34.8 Å². The van der Waals surface area contributed by atoms with Crippen LogP contribution in [0.3, 0.4) is 0 Å². The maximum Gasteiger partial charge on any atom is 0.326 e. The second-order valence-electron chi connectivity index (χ2n) is 4.56. The van der Waals surface area contributed by atoms with Crippen molar-refractivity contribution in [2.24, 2.45) is 0 Å². The van der Waals surface area contributed by atoms with Gasteiger partial charge in [-0.2, -0.15) is 0 Å². The molecule has 0 bridgehead atoms. The van der Waals surface area contributed by atoms with E-state index in [1.807, 2.05) is 0 Å². The van der Waals surface area contributed by atoms with Crippen molar-refractivity contribution in [1.29, 1.82) is 0 Å². The Bertz CT molecular complexity index is 608. The molecular formula is C14H15N3O5S. The molecule has 1 heterocycles. The second kappa shape index (κ2) is 8.18. The molecule has 2 N–H and O–H groups in total. The molecule has 9 heteroatoms. The Kier molecular flexibility index (Phi) is 5.98. The number of benzene rings is 1. The van der Waals surface area contributed by atoms with E-state index in [9.17, 15) is 19.2 Å².